The summed E-state index contributed by atoms with van der Waals surface area (Å²) in [4.78, 5) is 33.7. The molecule has 110 valence electrons. The number of hydrogen-bond donors (Lipinski definition) is 0. The molecule has 0 amide bonds. The third-order valence-electron chi connectivity index (χ3n) is 3.20. The molecule has 0 aromatic heterocycles. The summed E-state index contributed by atoms with van der Waals surface area (Å²) in [5.74, 6) is 0.702. The first kappa shape index (κ1) is 18.0. The van der Waals surface area contributed by atoms with E-state index in [1.165, 1.54) is 0 Å². The van der Waals surface area contributed by atoms with Crippen molar-refractivity contribution < 1.29 is 14.4 Å². The molecule has 0 aliphatic carbocycles. The maximum Gasteiger partial charge on any atom is 0.132 e. The van der Waals surface area contributed by atoms with Crippen LogP contribution in [-0.4, -0.2) is 17.3 Å². The minimum Gasteiger partial charge on any atom is -0.300 e. The van der Waals surface area contributed by atoms with E-state index in [-0.39, 0.29) is 17.3 Å². The molecule has 0 unspecified atom stereocenters. The molecule has 0 rings (SSSR count). The highest BCUT2D eigenvalue weighted by molar-refractivity contribution is 5.81. The Balaban J connectivity index is 3.42. The first-order valence-corrected chi connectivity index (χ1v) is 7.59. The van der Waals surface area contributed by atoms with Crippen LogP contribution >= 0.6 is 0 Å². The van der Waals surface area contributed by atoms with Gasteiger partial charge in [-0.2, -0.15) is 0 Å². The van der Waals surface area contributed by atoms with Gasteiger partial charge in [-0.3, -0.25) is 9.59 Å². The number of ketones is 3. The van der Waals surface area contributed by atoms with Crippen LogP contribution in [0.4, 0.5) is 0 Å². The van der Waals surface area contributed by atoms with E-state index >= 15 is 0 Å². The minimum atomic E-state index is 0.185. The molecule has 0 atom stereocenters. The fourth-order valence-electron chi connectivity index (χ4n) is 2.00. The fourth-order valence-corrected chi connectivity index (χ4v) is 2.00. The maximum absolute atomic E-state index is 11.5. The standard InChI is InChI=1S/C16H28O3/c1-3-4-5-10-15(18)12-8-13-16(19)11-7-6-9-14(2)17/h3-13H2,1-2H3. The lowest BCUT2D eigenvalue weighted by Gasteiger charge is -2.01. The first-order valence-electron chi connectivity index (χ1n) is 7.59. The van der Waals surface area contributed by atoms with Gasteiger partial charge in [0.05, 0.1) is 0 Å². The topological polar surface area (TPSA) is 51.2 Å². The van der Waals surface area contributed by atoms with Crippen molar-refractivity contribution in [3.8, 4) is 0 Å². The smallest absolute Gasteiger partial charge is 0.132 e. The second-order valence-electron chi connectivity index (χ2n) is 5.30. The highest BCUT2D eigenvalue weighted by atomic mass is 16.1. The van der Waals surface area contributed by atoms with Crippen LogP contribution in [0.3, 0.4) is 0 Å². The predicted molar refractivity (Wildman–Crippen MR) is 77.2 cm³/mol. The number of Topliss-reactive ketones (excluding diaryl/α,β-unsaturated/α-hetero) is 3. The highest BCUT2D eigenvalue weighted by Crippen LogP contribution is 2.08. The lowest BCUT2D eigenvalue weighted by atomic mass is 10.0. The lowest BCUT2D eigenvalue weighted by Crippen LogP contribution is -2.02. The molecule has 0 aliphatic heterocycles. The summed E-state index contributed by atoms with van der Waals surface area (Å²) in [5.41, 5.74) is 0. The molecule has 19 heavy (non-hydrogen) atoms. The number of carbonyl (C=O) groups excluding carboxylic acids is 3. The number of carbonyl (C=O) groups is 3. The zero-order valence-electron chi connectivity index (χ0n) is 12.5. The van der Waals surface area contributed by atoms with Crippen molar-refractivity contribution in [1.82, 2.24) is 0 Å². The van der Waals surface area contributed by atoms with E-state index < -0.39 is 0 Å². The van der Waals surface area contributed by atoms with Crippen molar-refractivity contribution >= 4 is 17.3 Å². The second kappa shape index (κ2) is 12.1. The summed E-state index contributed by atoms with van der Waals surface area (Å²) in [7, 11) is 0. The van der Waals surface area contributed by atoms with Gasteiger partial charge >= 0.3 is 0 Å². The molecule has 0 heterocycles. The van der Waals surface area contributed by atoms with E-state index in [9.17, 15) is 14.4 Å². The highest BCUT2D eigenvalue weighted by Gasteiger charge is 2.06. The monoisotopic (exact) mass is 268 g/mol. The first-order chi connectivity index (χ1) is 9.06. The zero-order chi connectivity index (χ0) is 14.5. The average molecular weight is 268 g/mol. The predicted octanol–water partition coefficient (Wildman–Crippen LogP) is 4.02. The Morgan fingerprint density at radius 3 is 1.53 bits per heavy atom. The van der Waals surface area contributed by atoms with E-state index in [1.807, 2.05) is 0 Å². The molecule has 0 saturated carbocycles. The van der Waals surface area contributed by atoms with Gasteiger partial charge in [0.15, 0.2) is 0 Å². The Morgan fingerprint density at radius 1 is 0.632 bits per heavy atom. The van der Waals surface area contributed by atoms with Crippen LogP contribution < -0.4 is 0 Å². The normalized spacial score (nSPS) is 10.4. The summed E-state index contributed by atoms with van der Waals surface area (Å²) in [5, 5.41) is 0. The van der Waals surface area contributed by atoms with E-state index in [4.69, 9.17) is 0 Å². The average Bonchev–Trinajstić information content (AvgIpc) is 2.35. The van der Waals surface area contributed by atoms with Gasteiger partial charge in [-0.15, -0.1) is 0 Å². The number of rotatable bonds is 13. The van der Waals surface area contributed by atoms with E-state index in [1.54, 1.807) is 6.92 Å². The third-order valence-corrected chi connectivity index (χ3v) is 3.20. The molecular formula is C16H28O3. The number of hydrogen-bond acceptors (Lipinski definition) is 3. The second-order valence-corrected chi connectivity index (χ2v) is 5.30. The Hall–Kier alpha value is -0.990. The minimum absolute atomic E-state index is 0.185. The van der Waals surface area contributed by atoms with Crippen LogP contribution in [0.15, 0.2) is 0 Å². The molecule has 0 fully saturated rings. The van der Waals surface area contributed by atoms with Gasteiger partial charge in [0.2, 0.25) is 0 Å². The molecule has 0 saturated heterocycles. The SMILES string of the molecule is CCCCCC(=O)CCCC(=O)CCCCC(C)=O. The Labute approximate surface area is 117 Å². The summed E-state index contributed by atoms with van der Waals surface area (Å²) in [6, 6.07) is 0. The third kappa shape index (κ3) is 13.2. The van der Waals surface area contributed by atoms with Gasteiger partial charge in [0.25, 0.3) is 0 Å². The molecular weight excluding hydrogens is 240 g/mol. The molecule has 0 aromatic carbocycles. The number of unbranched alkanes of at least 4 members (excludes halogenated alkanes) is 3. The van der Waals surface area contributed by atoms with Crippen molar-refractivity contribution in [1.29, 1.82) is 0 Å². The van der Waals surface area contributed by atoms with E-state index in [0.29, 0.717) is 38.5 Å². The van der Waals surface area contributed by atoms with Gasteiger partial charge in [-0.1, -0.05) is 19.8 Å². The van der Waals surface area contributed by atoms with E-state index in [2.05, 4.69) is 6.92 Å². The zero-order valence-corrected chi connectivity index (χ0v) is 12.5. The van der Waals surface area contributed by atoms with Gasteiger partial charge < -0.3 is 4.79 Å². The molecule has 0 N–H and O–H groups in total. The maximum atomic E-state index is 11.5. The molecule has 0 aromatic rings. The van der Waals surface area contributed by atoms with Crippen molar-refractivity contribution in [2.75, 3.05) is 0 Å². The Morgan fingerprint density at radius 2 is 1.05 bits per heavy atom. The van der Waals surface area contributed by atoms with Crippen LogP contribution in [0.1, 0.15) is 84.5 Å². The van der Waals surface area contributed by atoms with E-state index in [0.717, 1.165) is 32.1 Å². The molecule has 0 aliphatic rings. The van der Waals surface area contributed by atoms with Crippen LogP contribution in [0, 0.1) is 0 Å². The summed E-state index contributed by atoms with van der Waals surface area (Å²) < 4.78 is 0. The quantitative estimate of drug-likeness (QED) is 0.474. The lowest BCUT2D eigenvalue weighted by molar-refractivity contribution is -0.121. The van der Waals surface area contributed by atoms with Crippen molar-refractivity contribution in [2.45, 2.75) is 84.5 Å². The van der Waals surface area contributed by atoms with Crippen molar-refractivity contribution in [3.05, 3.63) is 0 Å². The van der Waals surface area contributed by atoms with Crippen LogP contribution in [0.25, 0.3) is 0 Å². The van der Waals surface area contributed by atoms with Gasteiger partial charge in [0, 0.05) is 32.1 Å². The molecule has 3 nitrogen and oxygen atoms in total. The van der Waals surface area contributed by atoms with Crippen LogP contribution in [0.5, 0.6) is 0 Å². The summed E-state index contributed by atoms with van der Waals surface area (Å²) >= 11 is 0. The molecule has 0 spiro atoms. The summed E-state index contributed by atoms with van der Waals surface area (Å²) in [6.07, 6.45) is 8.36. The molecule has 0 bridgehead atoms. The summed E-state index contributed by atoms with van der Waals surface area (Å²) in [6.45, 7) is 3.70. The van der Waals surface area contributed by atoms with Gasteiger partial charge in [-0.05, 0) is 32.6 Å². The molecule has 0 radical (unpaired) electrons. The van der Waals surface area contributed by atoms with Gasteiger partial charge in [-0.25, -0.2) is 0 Å². The molecule has 3 heteroatoms. The Bertz CT molecular complexity index is 282. The van der Waals surface area contributed by atoms with Gasteiger partial charge in [0.1, 0.15) is 17.3 Å². The van der Waals surface area contributed by atoms with Crippen molar-refractivity contribution in [3.63, 3.8) is 0 Å². The Kier molecular flexibility index (Phi) is 11.4. The van der Waals surface area contributed by atoms with Crippen molar-refractivity contribution in [2.24, 2.45) is 0 Å². The largest absolute Gasteiger partial charge is 0.300 e. The van der Waals surface area contributed by atoms with Crippen LogP contribution in [0.2, 0.25) is 0 Å². The fraction of sp³-hybridized carbons (Fsp3) is 0.812. The van der Waals surface area contributed by atoms with Crippen LogP contribution in [-0.2, 0) is 14.4 Å².